The third-order valence-electron chi connectivity index (χ3n) is 5.18. The highest BCUT2D eigenvalue weighted by atomic mass is 19.1. The fourth-order valence-electron chi connectivity index (χ4n) is 3.45. The predicted molar refractivity (Wildman–Crippen MR) is 114 cm³/mol. The van der Waals surface area contributed by atoms with E-state index in [9.17, 15) is 18.0 Å². The number of carbonyl (C=O) groups excluding carboxylic acids is 1. The molecule has 0 radical (unpaired) electrons. The summed E-state index contributed by atoms with van der Waals surface area (Å²) in [7, 11) is 0. The molecule has 8 heteroatoms. The molecule has 0 bridgehead atoms. The highest BCUT2D eigenvalue weighted by Gasteiger charge is 2.16. The van der Waals surface area contributed by atoms with Gasteiger partial charge in [-0.3, -0.25) is 0 Å². The van der Waals surface area contributed by atoms with E-state index in [1.54, 1.807) is 4.90 Å². The Hall–Kier alpha value is -2.74. The fourth-order valence-corrected chi connectivity index (χ4v) is 3.45. The molecule has 0 saturated carbocycles. The lowest BCUT2D eigenvalue weighted by Gasteiger charge is -2.27. The zero-order chi connectivity index (χ0) is 22.1. The highest BCUT2D eigenvalue weighted by molar-refractivity contribution is 5.89. The lowest BCUT2D eigenvalue weighted by Crippen LogP contribution is -2.48. The maximum absolute atomic E-state index is 13.5. The number of hydrogen-bond donors (Lipinski definition) is 2. The van der Waals surface area contributed by atoms with Gasteiger partial charge in [0.25, 0.3) is 0 Å². The average molecular weight is 435 g/mol. The molecule has 2 amide bonds. The summed E-state index contributed by atoms with van der Waals surface area (Å²) in [5, 5.41) is 6.14. The Labute approximate surface area is 180 Å². The van der Waals surface area contributed by atoms with E-state index in [-0.39, 0.29) is 12.6 Å². The summed E-state index contributed by atoms with van der Waals surface area (Å²) >= 11 is 0. The first-order valence-electron chi connectivity index (χ1n) is 10.7. The number of benzene rings is 2. The Balaban J connectivity index is 1.30. The molecule has 1 aliphatic heterocycles. The second kappa shape index (κ2) is 11.6. The number of hydrogen-bond acceptors (Lipinski definition) is 3. The SMILES string of the molecule is O=C(Nc1ccc(CCCCCCOc2c(F)cc(F)cc2F)cc1)N1CCNCC1. The topological polar surface area (TPSA) is 53.6 Å². The normalized spacial score (nSPS) is 13.8. The number of nitrogens with one attached hydrogen (secondary N) is 2. The molecule has 1 saturated heterocycles. The molecular formula is C23H28F3N3O2. The molecule has 168 valence electrons. The monoisotopic (exact) mass is 435 g/mol. The van der Waals surface area contributed by atoms with Crippen LogP contribution in [0.3, 0.4) is 0 Å². The third-order valence-corrected chi connectivity index (χ3v) is 5.18. The van der Waals surface area contributed by atoms with Crippen LogP contribution >= 0.6 is 0 Å². The number of aryl methyl sites for hydroxylation is 1. The van der Waals surface area contributed by atoms with Crippen LogP contribution in [0.1, 0.15) is 31.2 Å². The van der Waals surface area contributed by atoms with E-state index in [0.717, 1.165) is 44.5 Å². The van der Waals surface area contributed by atoms with Crippen LogP contribution in [0.4, 0.5) is 23.7 Å². The van der Waals surface area contributed by atoms with Crippen molar-refractivity contribution in [2.75, 3.05) is 38.1 Å². The Morgan fingerprint density at radius 2 is 1.61 bits per heavy atom. The molecule has 2 N–H and O–H groups in total. The summed E-state index contributed by atoms with van der Waals surface area (Å²) in [4.78, 5) is 14.0. The van der Waals surface area contributed by atoms with E-state index in [1.165, 1.54) is 5.56 Å². The third kappa shape index (κ3) is 7.17. The largest absolute Gasteiger partial charge is 0.488 e. The molecule has 2 aromatic carbocycles. The number of anilines is 1. The predicted octanol–water partition coefficient (Wildman–Crippen LogP) is 4.72. The van der Waals surface area contributed by atoms with Crippen LogP contribution < -0.4 is 15.4 Å². The van der Waals surface area contributed by atoms with Gasteiger partial charge < -0.3 is 20.3 Å². The lowest BCUT2D eigenvalue weighted by molar-refractivity contribution is 0.204. The Kier molecular flexibility index (Phi) is 8.58. The Bertz CT molecular complexity index is 833. The van der Waals surface area contributed by atoms with Crippen molar-refractivity contribution < 1.29 is 22.7 Å². The number of carbonyl (C=O) groups is 1. The molecule has 0 atom stereocenters. The molecule has 1 aliphatic rings. The quantitative estimate of drug-likeness (QED) is 0.561. The molecule has 1 heterocycles. The van der Waals surface area contributed by atoms with Crippen molar-refractivity contribution in [2.24, 2.45) is 0 Å². The minimum absolute atomic E-state index is 0.0723. The van der Waals surface area contributed by atoms with Crippen LogP contribution in [-0.4, -0.2) is 43.7 Å². The number of ether oxygens (including phenoxy) is 1. The van der Waals surface area contributed by atoms with Gasteiger partial charge in [-0.1, -0.05) is 25.0 Å². The van der Waals surface area contributed by atoms with Gasteiger partial charge in [0.1, 0.15) is 5.82 Å². The second-order valence-corrected chi connectivity index (χ2v) is 7.58. The minimum Gasteiger partial charge on any atom is -0.488 e. The van der Waals surface area contributed by atoms with Crippen molar-refractivity contribution in [3.05, 3.63) is 59.4 Å². The smallest absolute Gasteiger partial charge is 0.321 e. The minimum atomic E-state index is -1.02. The molecule has 0 spiro atoms. The number of urea groups is 1. The van der Waals surface area contributed by atoms with Crippen LogP contribution in [0.2, 0.25) is 0 Å². The van der Waals surface area contributed by atoms with Gasteiger partial charge in [0.05, 0.1) is 6.61 Å². The zero-order valence-corrected chi connectivity index (χ0v) is 17.4. The Morgan fingerprint density at radius 3 is 2.29 bits per heavy atom. The molecular weight excluding hydrogens is 407 g/mol. The van der Waals surface area contributed by atoms with E-state index >= 15 is 0 Å². The number of amides is 2. The summed E-state index contributed by atoms with van der Waals surface area (Å²) in [6, 6.07) is 8.99. The second-order valence-electron chi connectivity index (χ2n) is 7.58. The first-order valence-corrected chi connectivity index (χ1v) is 10.7. The maximum Gasteiger partial charge on any atom is 0.321 e. The van der Waals surface area contributed by atoms with Gasteiger partial charge >= 0.3 is 6.03 Å². The van der Waals surface area contributed by atoms with E-state index in [2.05, 4.69) is 10.6 Å². The first-order chi connectivity index (χ1) is 15.0. The van der Waals surface area contributed by atoms with Gasteiger partial charge in [-0.25, -0.2) is 18.0 Å². The molecule has 5 nitrogen and oxygen atoms in total. The lowest BCUT2D eigenvalue weighted by atomic mass is 10.1. The van der Waals surface area contributed by atoms with Crippen molar-refractivity contribution in [2.45, 2.75) is 32.1 Å². The molecule has 3 rings (SSSR count). The van der Waals surface area contributed by atoms with E-state index in [1.807, 2.05) is 24.3 Å². The van der Waals surface area contributed by atoms with Crippen molar-refractivity contribution in [3.63, 3.8) is 0 Å². The van der Waals surface area contributed by atoms with Crippen molar-refractivity contribution >= 4 is 11.7 Å². The van der Waals surface area contributed by atoms with E-state index in [4.69, 9.17) is 4.74 Å². The average Bonchev–Trinajstić information content (AvgIpc) is 2.76. The van der Waals surface area contributed by atoms with E-state index < -0.39 is 23.2 Å². The number of nitrogens with zero attached hydrogens (tertiary/aromatic N) is 1. The molecule has 2 aromatic rings. The van der Waals surface area contributed by atoms with E-state index in [0.29, 0.717) is 31.6 Å². The number of halogens is 3. The standard InChI is InChI=1S/C23H28F3N3O2/c24-18-15-20(25)22(21(26)16-18)31-14-4-2-1-3-5-17-6-8-19(9-7-17)28-23(30)29-12-10-27-11-13-29/h6-9,15-16,27H,1-5,10-14H2,(H,28,30). The molecule has 0 unspecified atom stereocenters. The number of rotatable bonds is 9. The van der Waals surface area contributed by atoms with Gasteiger partial charge in [0.15, 0.2) is 17.4 Å². The van der Waals surface area contributed by atoms with Crippen LogP contribution in [0, 0.1) is 17.5 Å². The van der Waals surface area contributed by atoms with Gasteiger partial charge in [-0.15, -0.1) is 0 Å². The molecule has 1 fully saturated rings. The summed E-state index contributed by atoms with van der Waals surface area (Å²) in [5.41, 5.74) is 1.97. The summed E-state index contributed by atoms with van der Waals surface area (Å²) in [5.74, 6) is -3.53. The van der Waals surface area contributed by atoms with Gasteiger partial charge in [0.2, 0.25) is 0 Å². The number of unbranched alkanes of at least 4 members (excludes halogenated alkanes) is 3. The van der Waals surface area contributed by atoms with Crippen LogP contribution in [-0.2, 0) is 6.42 Å². The van der Waals surface area contributed by atoms with Crippen LogP contribution in [0.15, 0.2) is 36.4 Å². The van der Waals surface area contributed by atoms with Crippen LogP contribution in [0.25, 0.3) is 0 Å². The van der Waals surface area contributed by atoms with Crippen molar-refractivity contribution in [1.29, 1.82) is 0 Å². The summed E-state index contributed by atoms with van der Waals surface area (Å²) in [6.45, 7) is 3.24. The number of piperazine rings is 1. The first kappa shape index (κ1) is 22.9. The van der Waals surface area contributed by atoms with Gasteiger partial charge in [-0.2, -0.15) is 0 Å². The molecule has 0 aliphatic carbocycles. The molecule has 0 aromatic heterocycles. The zero-order valence-electron chi connectivity index (χ0n) is 17.4. The van der Waals surface area contributed by atoms with Crippen molar-refractivity contribution in [3.8, 4) is 5.75 Å². The summed E-state index contributed by atoms with van der Waals surface area (Å²) < 4.78 is 45.0. The highest BCUT2D eigenvalue weighted by Crippen LogP contribution is 2.23. The van der Waals surface area contributed by atoms with Crippen LogP contribution in [0.5, 0.6) is 5.75 Å². The Morgan fingerprint density at radius 1 is 0.968 bits per heavy atom. The summed E-state index contributed by atoms with van der Waals surface area (Å²) in [6.07, 6.45) is 4.37. The van der Waals surface area contributed by atoms with Gasteiger partial charge in [0, 0.05) is 44.0 Å². The fraction of sp³-hybridized carbons (Fsp3) is 0.435. The maximum atomic E-state index is 13.5. The van der Waals surface area contributed by atoms with Crippen molar-refractivity contribution in [1.82, 2.24) is 10.2 Å². The molecule has 31 heavy (non-hydrogen) atoms. The van der Waals surface area contributed by atoms with Gasteiger partial charge in [-0.05, 0) is 37.0 Å².